The zero-order valence-electron chi connectivity index (χ0n) is 13.4. The van der Waals surface area contributed by atoms with Crippen molar-refractivity contribution in [2.24, 2.45) is 5.92 Å². The highest BCUT2D eigenvalue weighted by Crippen LogP contribution is 2.49. The minimum atomic E-state index is -0.924. The van der Waals surface area contributed by atoms with Crippen LogP contribution in [0.3, 0.4) is 0 Å². The van der Waals surface area contributed by atoms with Crippen LogP contribution in [-0.2, 0) is 11.2 Å². The van der Waals surface area contributed by atoms with Gasteiger partial charge in [-0.2, -0.15) is 0 Å². The van der Waals surface area contributed by atoms with E-state index in [9.17, 15) is 9.59 Å². The van der Waals surface area contributed by atoms with Gasteiger partial charge in [-0.3, -0.25) is 4.79 Å². The Hall–Kier alpha value is -2.62. The molecule has 1 aliphatic carbocycles. The average molecular weight is 323 g/mol. The minimum absolute atomic E-state index is 0.0978. The summed E-state index contributed by atoms with van der Waals surface area (Å²) in [7, 11) is 0. The molecule has 0 saturated heterocycles. The van der Waals surface area contributed by atoms with Gasteiger partial charge in [0.25, 0.3) is 0 Å². The molecule has 0 heterocycles. The highest BCUT2D eigenvalue weighted by atomic mass is 16.4. The van der Waals surface area contributed by atoms with Crippen LogP contribution in [0.2, 0.25) is 0 Å². The highest BCUT2D eigenvalue weighted by Gasteiger charge is 2.39. The minimum Gasteiger partial charge on any atom is -0.478 e. The van der Waals surface area contributed by atoms with Crippen molar-refractivity contribution in [3.05, 3.63) is 71.3 Å². The van der Waals surface area contributed by atoms with E-state index in [2.05, 4.69) is 17.4 Å². The van der Waals surface area contributed by atoms with Crippen molar-refractivity contribution in [3.63, 3.8) is 0 Å². The van der Waals surface area contributed by atoms with Crippen LogP contribution in [0.25, 0.3) is 0 Å². The molecule has 1 amide bonds. The monoisotopic (exact) mass is 323 g/mol. The SMILES string of the molecule is O=C(C[C@@H]1C[C@H]1c1ccccc1)NCCc1ccc(C(=O)O)cc1. The number of amides is 1. The lowest BCUT2D eigenvalue weighted by atomic mass is 10.1. The van der Waals surface area contributed by atoms with Crippen molar-refractivity contribution >= 4 is 11.9 Å². The molecule has 124 valence electrons. The molecule has 2 aromatic rings. The second-order valence-corrected chi connectivity index (χ2v) is 6.32. The second kappa shape index (κ2) is 7.30. The summed E-state index contributed by atoms with van der Waals surface area (Å²) in [5.41, 5.74) is 2.63. The molecule has 0 bridgehead atoms. The Morgan fingerprint density at radius 1 is 1.04 bits per heavy atom. The van der Waals surface area contributed by atoms with Crippen molar-refractivity contribution in [1.82, 2.24) is 5.32 Å². The normalized spacial score (nSPS) is 18.8. The van der Waals surface area contributed by atoms with E-state index in [0.29, 0.717) is 31.2 Å². The van der Waals surface area contributed by atoms with E-state index < -0.39 is 5.97 Å². The Morgan fingerprint density at radius 3 is 2.42 bits per heavy atom. The summed E-state index contributed by atoms with van der Waals surface area (Å²) >= 11 is 0. The van der Waals surface area contributed by atoms with Gasteiger partial charge in [0, 0.05) is 13.0 Å². The lowest BCUT2D eigenvalue weighted by Gasteiger charge is -2.06. The Kier molecular flexibility index (Phi) is 4.94. The maximum Gasteiger partial charge on any atom is 0.335 e. The van der Waals surface area contributed by atoms with Gasteiger partial charge in [0.2, 0.25) is 5.91 Å². The van der Waals surface area contributed by atoms with E-state index in [1.807, 2.05) is 18.2 Å². The quantitative estimate of drug-likeness (QED) is 0.822. The third-order valence-corrected chi connectivity index (χ3v) is 4.53. The fraction of sp³-hybridized carbons (Fsp3) is 0.300. The fourth-order valence-corrected chi connectivity index (χ4v) is 3.05. The lowest BCUT2D eigenvalue weighted by molar-refractivity contribution is -0.121. The Bertz CT molecular complexity index is 709. The molecule has 4 nitrogen and oxygen atoms in total. The van der Waals surface area contributed by atoms with Crippen LogP contribution >= 0.6 is 0 Å². The van der Waals surface area contributed by atoms with Gasteiger partial charge in [0.15, 0.2) is 0 Å². The van der Waals surface area contributed by atoms with Gasteiger partial charge in [-0.25, -0.2) is 4.79 Å². The number of nitrogens with one attached hydrogen (secondary N) is 1. The standard InChI is InChI=1S/C20H21NO3/c22-19(13-17-12-18(17)15-4-2-1-3-5-15)21-11-10-14-6-8-16(9-7-14)20(23)24/h1-9,17-18H,10-13H2,(H,21,22)(H,23,24)/t17-,18-/m0/s1. The third-order valence-electron chi connectivity index (χ3n) is 4.53. The number of carboxylic acids is 1. The molecule has 1 saturated carbocycles. The van der Waals surface area contributed by atoms with E-state index in [0.717, 1.165) is 12.0 Å². The van der Waals surface area contributed by atoms with Crippen molar-refractivity contribution < 1.29 is 14.7 Å². The summed E-state index contributed by atoms with van der Waals surface area (Å²) in [6, 6.07) is 17.1. The Balaban J connectivity index is 1.38. The van der Waals surface area contributed by atoms with Crippen molar-refractivity contribution in [2.75, 3.05) is 6.54 Å². The molecule has 0 radical (unpaired) electrons. The first kappa shape index (κ1) is 16.2. The zero-order chi connectivity index (χ0) is 16.9. The first-order valence-electron chi connectivity index (χ1n) is 8.27. The molecular weight excluding hydrogens is 302 g/mol. The van der Waals surface area contributed by atoms with Gasteiger partial charge < -0.3 is 10.4 Å². The van der Waals surface area contributed by atoms with Crippen LogP contribution in [0.4, 0.5) is 0 Å². The maximum atomic E-state index is 12.0. The van der Waals surface area contributed by atoms with E-state index in [1.165, 1.54) is 5.56 Å². The van der Waals surface area contributed by atoms with Crippen LogP contribution in [0, 0.1) is 5.92 Å². The largest absolute Gasteiger partial charge is 0.478 e. The second-order valence-electron chi connectivity index (χ2n) is 6.32. The summed E-state index contributed by atoms with van der Waals surface area (Å²) in [5.74, 6) is 0.163. The van der Waals surface area contributed by atoms with Crippen LogP contribution in [0.1, 0.15) is 40.2 Å². The van der Waals surface area contributed by atoms with Gasteiger partial charge >= 0.3 is 5.97 Å². The molecule has 1 fully saturated rings. The summed E-state index contributed by atoms with van der Waals surface area (Å²) in [5, 5.41) is 11.8. The van der Waals surface area contributed by atoms with E-state index in [4.69, 9.17) is 5.11 Å². The van der Waals surface area contributed by atoms with E-state index in [1.54, 1.807) is 24.3 Å². The van der Waals surface area contributed by atoms with Crippen LogP contribution in [0.15, 0.2) is 54.6 Å². The topological polar surface area (TPSA) is 66.4 Å². The Morgan fingerprint density at radius 2 is 1.75 bits per heavy atom. The van der Waals surface area contributed by atoms with Crippen molar-refractivity contribution in [1.29, 1.82) is 0 Å². The van der Waals surface area contributed by atoms with Gasteiger partial charge in [0.05, 0.1) is 5.56 Å². The molecule has 0 unspecified atom stereocenters. The molecule has 2 aromatic carbocycles. The number of hydrogen-bond donors (Lipinski definition) is 2. The lowest BCUT2D eigenvalue weighted by Crippen LogP contribution is -2.25. The van der Waals surface area contributed by atoms with Crippen LogP contribution < -0.4 is 5.32 Å². The number of benzene rings is 2. The summed E-state index contributed by atoms with van der Waals surface area (Å²) in [4.78, 5) is 22.8. The molecule has 24 heavy (non-hydrogen) atoms. The molecule has 0 aliphatic heterocycles. The molecule has 0 spiro atoms. The smallest absolute Gasteiger partial charge is 0.335 e. The third kappa shape index (κ3) is 4.22. The van der Waals surface area contributed by atoms with Gasteiger partial charge in [-0.15, -0.1) is 0 Å². The van der Waals surface area contributed by atoms with Gasteiger partial charge in [-0.1, -0.05) is 42.5 Å². The molecule has 2 atom stereocenters. The van der Waals surface area contributed by atoms with E-state index in [-0.39, 0.29) is 11.5 Å². The number of hydrogen-bond acceptors (Lipinski definition) is 2. The number of carbonyl (C=O) groups is 2. The van der Waals surface area contributed by atoms with Gasteiger partial charge in [-0.05, 0) is 47.9 Å². The van der Waals surface area contributed by atoms with Gasteiger partial charge in [0.1, 0.15) is 0 Å². The molecule has 1 aliphatic rings. The van der Waals surface area contributed by atoms with E-state index >= 15 is 0 Å². The number of rotatable bonds is 7. The fourth-order valence-electron chi connectivity index (χ4n) is 3.05. The van der Waals surface area contributed by atoms with Crippen LogP contribution in [-0.4, -0.2) is 23.5 Å². The molecule has 0 aromatic heterocycles. The average Bonchev–Trinajstić information content (AvgIpc) is 3.35. The van der Waals surface area contributed by atoms with Crippen molar-refractivity contribution in [3.8, 4) is 0 Å². The molecule has 4 heteroatoms. The first-order chi connectivity index (χ1) is 11.6. The molecule has 3 rings (SSSR count). The highest BCUT2D eigenvalue weighted by molar-refractivity contribution is 5.87. The molecular formula is C20H21NO3. The molecule has 2 N–H and O–H groups in total. The summed E-state index contributed by atoms with van der Waals surface area (Å²) in [6.45, 7) is 0.577. The number of carboxylic acid groups (broad SMARTS) is 1. The maximum absolute atomic E-state index is 12.0. The first-order valence-corrected chi connectivity index (χ1v) is 8.27. The van der Waals surface area contributed by atoms with Crippen LogP contribution in [0.5, 0.6) is 0 Å². The zero-order valence-corrected chi connectivity index (χ0v) is 13.4. The summed E-state index contributed by atoms with van der Waals surface area (Å²) < 4.78 is 0. The number of carbonyl (C=O) groups excluding carboxylic acids is 1. The van der Waals surface area contributed by atoms with Crippen molar-refractivity contribution in [2.45, 2.75) is 25.2 Å². The number of aromatic carboxylic acids is 1. The Labute approximate surface area is 141 Å². The predicted octanol–water partition coefficient (Wildman–Crippen LogP) is 3.24. The predicted molar refractivity (Wildman–Crippen MR) is 92.0 cm³/mol. The summed E-state index contributed by atoms with van der Waals surface area (Å²) in [6.07, 6.45) is 2.38.